The van der Waals surface area contributed by atoms with Crippen LogP contribution in [0.4, 0.5) is 5.95 Å². The predicted molar refractivity (Wildman–Crippen MR) is 120 cm³/mol. The highest BCUT2D eigenvalue weighted by Gasteiger charge is 2.49. The van der Waals surface area contributed by atoms with Gasteiger partial charge in [0.25, 0.3) is 5.56 Å². The van der Waals surface area contributed by atoms with Crippen molar-refractivity contribution < 1.29 is 72.4 Å². The molecule has 220 valence electrons. The summed E-state index contributed by atoms with van der Waals surface area (Å²) in [6, 6.07) is 0. The summed E-state index contributed by atoms with van der Waals surface area (Å²) in [5.41, 5.74) is 4.54. The van der Waals surface area contributed by atoms with Crippen molar-refractivity contribution in [3.63, 3.8) is 0 Å². The van der Waals surface area contributed by atoms with Crippen LogP contribution in [0.15, 0.2) is 11.1 Å². The summed E-state index contributed by atoms with van der Waals surface area (Å²) in [4.78, 5) is 41.7. The molecule has 2 saturated heterocycles. The molecule has 0 amide bonds. The molecule has 2 aliphatic rings. The quantitative estimate of drug-likeness (QED) is 0.120. The molecule has 2 aromatic rings. The van der Waals surface area contributed by atoms with E-state index in [0.717, 1.165) is 10.9 Å². The third-order valence-corrected chi connectivity index (χ3v) is 8.36. The lowest BCUT2D eigenvalue weighted by Gasteiger charge is -2.39. The van der Waals surface area contributed by atoms with E-state index >= 15 is 0 Å². The Morgan fingerprint density at radius 2 is 1.67 bits per heavy atom. The van der Waals surface area contributed by atoms with Gasteiger partial charge < -0.3 is 55.6 Å². The summed E-state index contributed by atoms with van der Waals surface area (Å²) < 4.78 is 49.1. The highest BCUT2D eigenvalue weighted by molar-refractivity contribution is 7.61. The molecule has 4 rings (SSSR count). The van der Waals surface area contributed by atoms with Crippen LogP contribution in [0.2, 0.25) is 0 Å². The number of fused-ring (bicyclic) bond motifs is 1. The second kappa shape index (κ2) is 11.2. The van der Waals surface area contributed by atoms with Gasteiger partial charge >= 0.3 is 15.6 Å². The van der Waals surface area contributed by atoms with E-state index in [4.69, 9.17) is 20.3 Å². The average Bonchev–Trinajstić information content (AvgIpc) is 3.38. The minimum Gasteiger partial charge on any atom is -0.394 e. The average molecular weight is 605 g/mol. The minimum absolute atomic E-state index is 0.114. The summed E-state index contributed by atoms with van der Waals surface area (Å²) in [5.74, 6) is -0.278. The Kier molecular flexibility index (Phi) is 8.60. The van der Waals surface area contributed by atoms with E-state index in [1.54, 1.807) is 0 Å². The summed E-state index contributed by atoms with van der Waals surface area (Å²) in [5, 5.41) is 59.2. The Balaban J connectivity index is 1.39. The van der Waals surface area contributed by atoms with E-state index in [1.807, 2.05) is 0 Å². The second-order valence-electron chi connectivity index (χ2n) is 8.44. The first kappa shape index (κ1) is 30.1. The third kappa shape index (κ3) is 6.22. The van der Waals surface area contributed by atoms with Gasteiger partial charge in [-0.25, -0.2) is 14.1 Å². The van der Waals surface area contributed by atoms with Crippen LogP contribution in [0, 0.1) is 0 Å². The van der Waals surface area contributed by atoms with Gasteiger partial charge in [0.1, 0.15) is 42.7 Å². The molecule has 21 nitrogen and oxygen atoms in total. The molecule has 0 aromatic carbocycles. The lowest BCUT2D eigenvalue weighted by molar-refractivity contribution is -0.280. The first-order valence-electron chi connectivity index (χ1n) is 10.9. The zero-order valence-electron chi connectivity index (χ0n) is 19.3. The van der Waals surface area contributed by atoms with Crippen molar-refractivity contribution in [1.82, 2.24) is 19.5 Å². The van der Waals surface area contributed by atoms with Crippen LogP contribution in [0.1, 0.15) is 6.23 Å². The van der Waals surface area contributed by atoms with Crippen LogP contribution in [0.5, 0.6) is 0 Å². The van der Waals surface area contributed by atoms with Crippen LogP contribution in [-0.4, -0.2) is 122 Å². The van der Waals surface area contributed by atoms with Crippen molar-refractivity contribution in [3.05, 3.63) is 16.7 Å². The smallest absolute Gasteiger partial charge is 0.394 e. The number of anilines is 1. The summed E-state index contributed by atoms with van der Waals surface area (Å²) >= 11 is 0. The van der Waals surface area contributed by atoms with E-state index in [2.05, 4.69) is 28.3 Å². The number of nitrogens with one attached hydrogen (secondary N) is 1. The van der Waals surface area contributed by atoms with Gasteiger partial charge in [-0.05, 0) is 0 Å². The molecule has 0 spiro atoms. The van der Waals surface area contributed by atoms with Crippen LogP contribution in [-0.2, 0) is 32.0 Å². The maximum atomic E-state index is 12.3. The number of imidazole rings is 1. The normalized spacial score (nSPS) is 36.6. The van der Waals surface area contributed by atoms with Gasteiger partial charge in [-0.15, -0.1) is 0 Å². The first-order chi connectivity index (χ1) is 18.1. The standard InChI is InChI=1S/C16H25N5O16P2/c17-16-19-12-6(13(28)20-16)18-3-21(12)14-10(26)8(24)5(34-14)2-33-38(29,30)37-39(31,32)36-15-11(27)9(25)7(23)4(1-22)35-15/h3-5,7-11,14-15,22-27H,1-2H2,(H,29,30)(H,31,32)(H3,17,19,20,28)/t4-,5-,7+,8-,9+,10-,11-,14-,15+/m1/s1. The van der Waals surface area contributed by atoms with Crippen molar-refractivity contribution in [2.75, 3.05) is 18.9 Å². The van der Waals surface area contributed by atoms with E-state index in [-0.39, 0.29) is 17.1 Å². The number of phosphoric acid groups is 2. The largest absolute Gasteiger partial charge is 0.483 e. The van der Waals surface area contributed by atoms with Crippen LogP contribution in [0.3, 0.4) is 0 Å². The number of aliphatic hydroxyl groups excluding tert-OH is 6. The zero-order valence-corrected chi connectivity index (χ0v) is 21.1. The van der Waals surface area contributed by atoms with Crippen molar-refractivity contribution in [1.29, 1.82) is 0 Å². The first-order valence-corrected chi connectivity index (χ1v) is 13.9. The number of aromatic nitrogens is 4. The zero-order chi connectivity index (χ0) is 28.9. The second-order valence-corrected chi connectivity index (χ2v) is 11.4. The summed E-state index contributed by atoms with van der Waals surface area (Å²) in [7, 11) is -11.1. The van der Waals surface area contributed by atoms with Crippen molar-refractivity contribution >= 4 is 32.8 Å². The molecule has 11 atom stereocenters. The van der Waals surface area contributed by atoms with E-state index in [9.17, 15) is 49.2 Å². The Morgan fingerprint density at radius 1 is 1.00 bits per heavy atom. The molecule has 2 aliphatic heterocycles. The monoisotopic (exact) mass is 605 g/mol. The molecule has 0 aliphatic carbocycles. The minimum atomic E-state index is -5.60. The topological polar surface area (TPSA) is 332 Å². The van der Waals surface area contributed by atoms with Gasteiger partial charge in [0.2, 0.25) is 5.95 Å². The van der Waals surface area contributed by atoms with E-state index < -0.39 is 89.7 Å². The summed E-state index contributed by atoms with van der Waals surface area (Å²) in [6.07, 6.45) is -15.0. The molecule has 2 fully saturated rings. The number of nitrogens with two attached hydrogens (primary N) is 1. The fourth-order valence-electron chi connectivity index (χ4n) is 3.85. The van der Waals surface area contributed by atoms with Gasteiger partial charge in [0.15, 0.2) is 23.7 Å². The maximum absolute atomic E-state index is 12.3. The van der Waals surface area contributed by atoms with E-state index in [0.29, 0.717) is 0 Å². The van der Waals surface area contributed by atoms with Gasteiger partial charge in [0.05, 0.1) is 19.5 Å². The molecule has 2 aromatic heterocycles. The van der Waals surface area contributed by atoms with Gasteiger partial charge in [0, 0.05) is 0 Å². The van der Waals surface area contributed by atoms with Crippen LogP contribution in [0.25, 0.3) is 11.2 Å². The fourth-order valence-corrected chi connectivity index (χ4v) is 6.01. The number of aliphatic hydroxyl groups is 6. The molecule has 11 N–H and O–H groups in total. The number of phosphoric ester groups is 2. The number of hydrogen-bond acceptors (Lipinski definition) is 17. The molecule has 39 heavy (non-hydrogen) atoms. The van der Waals surface area contributed by atoms with Crippen LogP contribution < -0.4 is 11.3 Å². The number of hydrogen-bond donors (Lipinski definition) is 10. The van der Waals surface area contributed by atoms with E-state index in [1.165, 1.54) is 0 Å². The molecular weight excluding hydrogens is 580 g/mol. The molecular formula is C16H25N5O16P2. The lowest BCUT2D eigenvalue weighted by atomic mass is 10.00. The predicted octanol–water partition coefficient (Wildman–Crippen LogP) is -4.63. The number of nitrogens with zero attached hydrogens (tertiary/aromatic N) is 3. The lowest BCUT2D eigenvalue weighted by Crippen LogP contribution is -2.58. The SMILES string of the molecule is Nc1nc2c(ncn2[C@@H]2O[C@H](COP(=O)(O)OP(=O)(O)O[C@@H]3O[C@H](CO)[C@H](O)[C@H](O)[C@H]3O)[C@@H](O)[C@H]2O)c(=O)[nH]1. The Morgan fingerprint density at radius 3 is 2.33 bits per heavy atom. The Labute approximate surface area is 216 Å². The number of ether oxygens (including phenoxy) is 2. The fraction of sp³-hybridized carbons (Fsp3) is 0.688. The third-order valence-electron chi connectivity index (χ3n) is 5.76. The van der Waals surface area contributed by atoms with Crippen molar-refractivity contribution in [2.24, 2.45) is 0 Å². The Bertz CT molecular complexity index is 1340. The highest BCUT2D eigenvalue weighted by atomic mass is 31.3. The number of H-pyrrole nitrogens is 1. The maximum Gasteiger partial charge on any atom is 0.483 e. The number of rotatable bonds is 9. The number of aromatic amines is 1. The van der Waals surface area contributed by atoms with Crippen molar-refractivity contribution in [2.45, 2.75) is 55.2 Å². The number of nitrogen functional groups attached to an aromatic ring is 1. The molecule has 2 unspecified atom stereocenters. The Hall–Kier alpha value is -1.91. The summed E-state index contributed by atoms with van der Waals surface area (Å²) in [6.45, 7) is -1.89. The van der Waals surface area contributed by atoms with Gasteiger partial charge in [-0.1, -0.05) is 0 Å². The molecule has 4 heterocycles. The molecule has 0 bridgehead atoms. The molecule has 23 heteroatoms. The highest BCUT2D eigenvalue weighted by Crippen LogP contribution is 2.61. The van der Waals surface area contributed by atoms with Crippen molar-refractivity contribution in [3.8, 4) is 0 Å². The van der Waals surface area contributed by atoms with Gasteiger partial charge in [-0.3, -0.25) is 23.4 Å². The van der Waals surface area contributed by atoms with Gasteiger partial charge in [-0.2, -0.15) is 9.29 Å². The molecule has 0 radical (unpaired) electrons. The van der Waals surface area contributed by atoms with Crippen LogP contribution >= 0.6 is 15.6 Å². The molecule has 0 saturated carbocycles.